The number of esters is 1. The number of amides is 3. The lowest BCUT2D eigenvalue weighted by atomic mass is 9.93. The van der Waals surface area contributed by atoms with Crippen molar-refractivity contribution in [2.45, 2.75) is 24.8 Å². The highest BCUT2D eigenvalue weighted by molar-refractivity contribution is 5.95. The van der Waals surface area contributed by atoms with Crippen LogP contribution >= 0.6 is 24.8 Å². The first kappa shape index (κ1) is 35.5. The number of hydrogen-bond acceptors (Lipinski definition) is 8. The first-order valence-electron chi connectivity index (χ1n) is 13.0. The number of Topliss-reactive ketones (excluding diaryl/α,β-unsaturated/α-hetero) is 1. The van der Waals surface area contributed by atoms with Crippen LogP contribution in [0.1, 0.15) is 36.1 Å². The highest BCUT2D eigenvalue weighted by Gasteiger charge is 2.43. The fourth-order valence-electron chi connectivity index (χ4n) is 5.17. The van der Waals surface area contributed by atoms with Crippen molar-refractivity contribution in [3.05, 3.63) is 76.8 Å². The van der Waals surface area contributed by atoms with Crippen molar-refractivity contribution in [2.75, 3.05) is 47.0 Å². The number of benzene rings is 1. The van der Waals surface area contributed by atoms with Crippen molar-refractivity contribution in [1.29, 1.82) is 0 Å². The Hall–Kier alpha value is -3.65. The second-order valence-corrected chi connectivity index (χ2v) is 9.71. The number of nitrogens with zero attached hydrogens (tertiary/aromatic N) is 4. The molecule has 1 aromatic heterocycles. The molecule has 0 radical (unpaired) electrons. The van der Waals surface area contributed by atoms with Gasteiger partial charge in [0.25, 0.3) is 0 Å². The van der Waals surface area contributed by atoms with Gasteiger partial charge in [-0.3, -0.25) is 19.5 Å². The number of rotatable bonds is 11. The Morgan fingerprint density at radius 1 is 1.12 bits per heavy atom. The number of piperidine rings is 1. The van der Waals surface area contributed by atoms with Crippen molar-refractivity contribution in [3.63, 3.8) is 0 Å². The number of nitrogens with one attached hydrogen (secondary N) is 1. The summed E-state index contributed by atoms with van der Waals surface area (Å²) in [5, 5.41) is 4.14. The summed E-state index contributed by atoms with van der Waals surface area (Å²) in [5.74, 6) is -3.35. The van der Waals surface area contributed by atoms with Gasteiger partial charge < -0.3 is 14.8 Å². The molecule has 1 atom stereocenters. The molecule has 11 nitrogen and oxygen atoms in total. The van der Waals surface area contributed by atoms with E-state index in [1.807, 2.05) is 23.1 Å². The minimum atomic E-state index is -1.43. The van der Waals surface area contributed by atoms with Crippen LogP contribution in [-0.2, 0) is 23.9 Å². The van der Waals surface area contributed by atoms with Gasteiger partial charge in [0.05, 0.1) is 31.5 Å². The summed E-state index contributed by atoms with van der Waals surface area (Å²) in [5.41, 5.74) is 0.829. The number of likely N-dealkylation sites (tertiary alicyclic amines) is 1. The number of pyridine rings is 1. The Labute approximate surface area is 260 Å². The highest BCUT2D eigenvalue weighted by atomic mass is 35.5. The average molecular weight is 645 g/mol. The van der Waals surface area contributed by atoms with Crippen LogP contribution in [0.4, 0.5) is 13.6 Å². The zero-order valence-electron chi connectivity index (χ0n) is 23.5. The quantitative estimate of drug-likeness (QED) is 0.293. The predicted octanol–water partition coefficient (Wildman–Crippen LogP) is 3.17. The minimum Gasteiger partial charge on any atom is -0.466 e. The van der Waals surface area contributed by atoms with Gasteiger partial charge in [0, 0.05) is 24.9 Å². The fraction of sp³-hybridized carbons (Fsp3) is 0.393. The van der Waals surface area contributed by atoms with Crippen LogP contribution in [-0.4, -0.2) is 91.1 Å². The molecule has 1 aromatic carbocycles. The Kier molecular flexibility index (Phi) is 13.4. The van der Waals surface area contributed by atoms with Crippen molar-refractivity contribution in [3.8, 4) is 0 Å². The van der Waals surface area contributed by atoms with E-state index in [0.29, 0.717) is 13.1 Å². The molecule has 0 aliphatic carbocycles. The molecule has 1 saturated heterocycles. The normalized spacial score (nSPS) is 17.3. The number of carbonyl (C=O) groups is 4. The summed E-state index contributed by atoms with van der Waals surface area (Å²) in [6, 6.07) is 6.31. The van der Waals surface area contributed by atoms with Crippen molar-refractivity contribution < 1.29 is 37.4 Å². The maximum atomic E-state index is 14.3. The number of halogens is 4. The largest absolute Gasteiger partial charge is 0.466 e. The van der Waals surface area contributed by atoms with Crippen LogP contribution in [0.2, 0.25) is 0 Å². The lowest BCUT2D eigenvalue weighted by Crippen LogP contribution is -2.58. The molecule has 1 fully saturated rings. The van der Waals surface area contributed by atoms with Gasteiger partial charge in [-0.15, -0.1) is 24.8 Å². The number of methoxy groups -OCH3 is 2. The molecule has 15 heteroatoms. The Morgan fingerprint density at radius 3 is 2.42 bits per heavy atom. The minimum absolute atomic E-state index is 0. The van der Waals surface area contributed by atoms with Crippen LogP contribution in [0.15, 0.2) is 53.9 Å². The molecular weight excluding hydrogens is 611 g/mol. The van der Waals surface area contributed by atoms with Crippen LogP contribution in [0.3, 0.4) is 0 Å². The first-order chi connectivity index (χ1) is 19.8. The van der Waals surface area contributed by atoms with Crippen molar-refractivity contribution >= 4 is 49.0 Å². The van der Waals surface area contributed by atoms with Crippen LogP contribution < -0.4 is 5.32 Å². The van der Waals surface area contributed by atoms with E-state index in [4.69, 9.17) is 9.47 Å². The molecule has 4 rings (SSSR count). The topological polar surface area (TPSA) is 121 Å². The zero-order chi connectivity index (χ0) is 29.5. The van der Waals surface area contributed by atoms with E-state index >= 15 is 0 Å². The number of aromatic nitrogens is 1. The molecule has 1 unspecified atom stereocenters. The number of ketones is 1. The summed E-state index contributed by atoms with van der Waals surface area (Å²) in [6.07, 6.45) is 3.64. The number of hydrogen-bond donors (Lipinski definition) is 1. The molecule has 2 aliphatic heterocycles. The molecule has 0 saturated carbocycles. The summed E-state index contributed by atoms with van der Waals surface area (Å²) < 4.78 is 38.1. The third-order valence-electron chi connectivity index (χ3n) is 7.09. The number of urea groups is 1. The van der Waals surface area contributed by atoms with Gasteiger partial charge in [-0.05, 0) is 55.8 Å². The van der Waals surface area contributed by atoms with Crippen LogP contribution in [0.25, 0.3) is 0 Å². The molecule has 1 N–H and O–H groups in total. The van der Waals surface area contributed by atoms with Gasteiger partial charge in [0.15, 0.2) is 17.4 Å². The maximum absolute atomic E-state index is 14.3. The van der Waals surface area contributed by atoms with Crippen molar-refractivity contribution in [2.24, 2.45) is 0 Å². The van der Waals surface area contributed by atoms with E-state index in [-0.39, 0.29) is 72.9 Å². The van der Waals surface area contributed by atoms with Gasteiger partial charge in [0.2, 0.25) is 6.41 Å². The average Bonchev–Trinajstić information content (AvgIpc) is 2.98. The standard InChI is InChI=1S/C28H31F2N5O6.2ClH/c1-40-16-24-25(27(38)41-2)26(19-6-7-21(29)22(30)13-19)35(28(39)32-24)34(17-36)15-20(37)14-33-11-8-18(9-12-33)23-5-3-4-10-31-23;;/h3-7,10,13,17-18,26H,8-9,11-12,14-16H2,1-2H3,(H,32,39);2*1H. The lowest BCUT2D eigenvalue weighted by molar-refractivity contribution is -0.143. The predicted molar refractivity (Wildman–Crippen MR) is 155 cm³/mol. The Bertz CT molecular complexity index is 1330. The highest BCUT2D eigenvalue weighted by Crippen LogP contribution is 2.36. The van der Waals surface area contributed by atoms with Gasteiger partial charge in [0.1, 0.15) is 12.6 Å². The third kappa shape index (κ3) is 8.25. The molecule has 0 bridgehead atoms. The lowest BCUT2D eigenvalue weighted by Gasteiger charge is -2.42. The molecule has 2 aromatic rings. The Balaban J connectivity index is 0.00000323. The van der Waals surface area contributed by atoms with Crippen molar-refractivity contribution in [1.82, 2.24) is 25.2 Å². The first-order valence-corrected chi connectivity index (χ1v) is 13.0. The molecule has 0 spiro atoms. The second kappa shape index (κ2) is 16.3. The molecule has 3 heterocycles. The monoisotopic (exact) mass is 643 g/mol. The number of carbonyl (C=O) groups excluding carboxylic acids is 4. The summed E-state index contributed by atoms with van der Waals surface area (Å²) in [4.78, 5) is 58.0. The molecular formula is C28H33Cl2F2N5O6. The van der Waals surface area contributed by atoms with Gasteiger partial charge in [-0.25, -0.2) is 28.4 Å². The zero-order valence-corrected chi connectivity index (χ0v) is 25.2. The van der Waals surface area contributed by atoms with E-state index in [2.05, 4.69) is 10.3 Å². The van der Waals surface area contributed by atoms with E-state index in [9.17, 15) is 28.0 Å². The van der Waals surface area contributed by atoms with Gasteiger partial charge >= 0.3 is 12.0 Å². The molecule has 2 aliphatic rings. The van der Waals surface area contributed by atoms with Gasteiger partial charge in [-0.2, -0.15) is 0 Å². The third-order valence-corrected chi connectivity index (χ3v) is 7.09. The molecule has 43 heavy (non-hydrogen) atoms. The summed E-state index contributed by atoms with van der Waals surface area (Å²) in [7, 11) is 2.45. The summed E-state index contributed by atoms with van der Waals surface area (Å²) >= 11 is 0. The van der Waals surface area contributed by atoms with E-state index < -0.39 is 36.2 Å². The van der Waals surface area contributed by atoms with E-state index in [1.54, 1.807) is 6.20 Å². The molecule has 3 amide bonds. The number of hydrazine groups is 1. The van der Waals surface area contributed by atoms with Crippen LogP contribution in [0.5, 0.6) is 0 Å². The van der Waals surface area contributed by atoms with Crippen LogP contribution in [0, 0.1) is 11.6 Å². The smallest absolute Gasteiger partial charge is 0.341 e. The SMILES string of the molecule is COCC1=C(C(=O)OC)C(c2ccc(F)c(F)c2)N(N(C=O)CC(=O)CN2CCC(c3ccccn3)CC2)C(=O)N1.Cl.Cl. The summed E-state index contributed by atoms with van der Waals surface area (Å²) in [6.45, 7) is 0.583. The second-order valence-electron chi connectivity index (χ2n) is 9.71. The Morgan fingerprint density at radius 2 is 1.84 bits per heavy atom. The van der Waals surface area contributed by atoms with E-state index in [0.717, 1.165) is 47.8 Å². The molecule has 234 valence electrons. The van der Waals surface area contributed by atoms with Gasteiger partial charge in [-0.1, -0.05) is 12.1 Å². The number of ether oxygens (including phenoxy) is 2. The maximum Gasteiger partial charge on any atom is 0.341 e. The fourth-order valence-corrected chi connectivity index (χ4v) is 5.17. The van der Waals surface area contributed by atoms with E-state index in [1.165, 1.54) is 13.2 Å².